The number of aliphatic imine (C=N–C) groups is 1. The van der Waals surface area contributed by atoms with Gasteiger partial charge in [0.15, 0.2) is 0 Å². The zero-order chi connectivity index (χ0) is 12.6. The van der Waals surface area contributed by atoms with Gasteiger partial charge in [-0.05, 0) is 37.8 Å². The number of rotatable bonds is 2. The highest BCUT2D eigenvalue weighted by molar-refractivity contribution is 6.30. The number of carbonyl (C=O) groups excluding carboxylic acids is 1. The highest BCUT2D eigenvalue weighted by Crippen LogP contribution is 2.48. The normalized spacial score (nSPS) is 17.2. The molecule has 0 bridgehead atoms. The van der Waals surface area contributed by atoms with Crippen LogP contribution in [0.1, 0.15) is 30.4 Å². The zero-order valence-electron chi connectivity index (χ0n) is 9.19. The molecule has 1 aromatic rings. The molecule has 0 radical (unpaired) electrons. The number of halogens is 3. The van der Waals surface area contributed by atoms with E-state index in [-0.39, 0.29) is 16.1 Å². The summed E-state index contributed by atoms with van der Waals surface area (Å²) < 4.78 is 27.9. The molecule has 90 valence electrons. The molecule has 2 rings (SSSR count). The standard InChI is InChI=1S/C12H10ClF2NO/c1-7-5-8(13)11(15)9(10(7)14)12(16-6-17)3-2-4-12/h5H,2-4H2,1H3. The number of isocyanates is 1. The van der Waals surface area contributed by atoms with E-state index in [2.05, 4.69) is 4.99 Å². The van der Waals surface area contributed by atoms with Gasteiger partial charge in [-0.25, -0.2) is 13.6 Å². The highest BCUT2D eigenvalue weighted by atomic mass is 35.5. The van der Waals surface area contributed by atoms with Crippen LogP contribution in [0.25, 0.3) is 0 Å². The topological polar surface area (TPSA) is 29.4 Å². The van der Waals surface area contributed by atoms with E-state index in [0.717, 1.165) is 6.42 Å². The monoisotopic (exact) mass is 257 g/mol. The molecule has 1 aliphatic carbocycles. The van der Waals surface area contributed by atoms with Crippen molar-refractivity contribution in [3.05, 3.63) is 33.9 Å². The van der Waals surface area contributed by atoms with Crippen molar-refractivity contribution in [2.24, 2.45) is 4.99 Å². The van der Waals surface area contributed by atoms with Gasteiger partial charge < -0.3 is 0 Å². The number of hydrogen-bond donors (Lipinski definition) is 0. The van der Waals surface area contributed by atoms with Gasteiger partial charge in [0, 0.05) is 0 Å². The highest BCUT2D eigenvalue weighted by Gasteiger charge is 2.44. The molecule has 0 N–H and O–H groups in total. The number of nitrogens with zero attached hydrogens (tertiary/aromatic N) is 1. The molecule has 1 aliphatic rings. The van der Waals surface area contributed by atoms with Crippen LogP contribution in [0.3, 0.4) is 0 Å². The molecule has 0 unspecified atom stereocenters. The molecule has 2 nitrogen and oxygen atoms in total. The Balaban J connectivity index is 2.69. The first-order chi connectivity index (χ1) is 8.02. The summed E-state index contributed by atoms with van der Waals surface area (Å²) in [6, 6.07) is 1.23. The van der Waals surface area contributed by atoms with Crippen molar-refractivity contribution in [1.82, 2.24) is 0 Å². The molecule has 1 aromatic carbocycles. The summed E-state index contributed by atoms with van der Waals surface area (Å²) in [4.78, 5) is 14.0. The summed E-state index contributed by atoms with van der Waals surface area (Å²) >= 11 is 5.70. The Morgan fingerprint density at radius 2 is 2.06 bits per heavy atom. The Hall–Kier alpha value is -1.25. The van der Waals surface area contributed by atoms with Crippen molar-refractivity contribution in [2.45, 2.75) is 31.7 Å². The minimum absolute atomic E-state index is 0.147. The van der Waals surface area contributed by atoms with Crippen LogP contribution in [0.4, 0.5) is 8.78 Å². The van der Waals surface area contributed by atoms with Crippen LogP contribution < -0.4 is 0 Å². The third-order valence-corrected chi connectivity index (χ3v) is 3.52. The Labute approximate surface area is 102 Å². The lowest BCUT2D eigenvalue weighted by Gasteiger charge is -2.37. The van der Waals surface area contributed by atoms with Gasteiger partial charge in [0.1, 0.15) is 17.2 Å². The fraction of sp³-hybridized carbons (Fsp3) is 0.417. The number of benzene rings is 1. The molecule has 17 heavy (non-hydrogen) atoms. The minimum Gasteiger partial charge on any atom is -0.211 e. The summed E-state index contributed by atoms with van der Waals surface area (Å²) in [6.45, 7) is 1.50. The average Bonchev–Trinajstić information content (AvgIpc) is 2.23. The van der Waals surface area contributed by atoms with Crippen LogP contribution in [0.2, 0.25) is 5.02 Å². The van der Waals surface area contributed by atoms with E-state index in [1.165, 1.54) is 19.1 Å². The molecule has 0 aliphatic heterocycles. The van der Waals surface area contributed by atoms with E-state index in [4.69, 9.17) is 11.6 Å². The molecule has 0 heterocycles. The molecule has 0 aromatic heterocycles. The second-order valence-corrected chi connectivity index (χ2v) is 4.67. The summed E-state index contributed by atoms with van der Waals surface area (Å²) in [5.41, 5.74) is -1.05. The third kappa shape index (κ3) is 1.78. The van der Waals surface area contributed by atoms with E-state index in [1.54, 1.807) is 0 Å². The Morgan fingerprint density at radius 3 is 2.53 bits per heavy atom. The van der Waals surface area contributed by atoms with Gasteiger partial charge in [-0.15, -0.1) is 0 Å². The maximum atomic E-state index is 14.0. The maximum absolute atomic E-state index is 14.0. The van der Waals surface area contributed by atoms with Crippen LogP contribution in [0, 0.1) is 18.6 Å². The fourth-order valence-electron chi connectivity index (χ4n) is 2.16. The number of aryl methyl sites for hydroxylation is 1. The summed E-state index contributed by atoms with van der Waals surface area (Å²) in [6.07, 6.45) is 3.06. The quantitative estimate of drug-likeness (QED) is 0.452. The maximum Gasteiger partial charge on any atom is 0.235 e. The molecule has 5 heteroatoms. The van der Waals surface area contributed by atoms with E-state index < -0.39 is 17.2 Å². The number of hydrogen-bond acceptors (Lipinski definition) is 2. The van der Waals surface area contributed by atoms with Gasteiger partial charge in [-0.3, -0.25) is 0 Å². The van der Waals surface area contributed by atoms with Crippen molar-refractivity contribution in [1.29, 1.82) is 0 Å². The molecular formula is C12H10ClF2NO. The first-order valence-corrected chi connectivity index (χ1v) is 5.63. The lowest BCUT2D eigenvalue weighted by molar-refractivity contribution is 0.238. The summed E-state index contributed by atoms with van der Waals surface area (Å²) in [5.74, 6) is -1.50. The first kappa shape index (κ1) is 12.2. The third-order valence-electron chi connectivity index (χ3n) is 3.24. The Morgan fingerprint density at radius 1 is 1.41 bits per heavy atom. The van der Waals surface area contributed by atoms with Gasteiger partial charge in [0.05, 0.1) is 10.6 Å². The largest absolute Gasteiger partial charge is 0.235 e. The van der Waals surface area contributed by atoms with Crippen molar-refractivity contribution in [3.8, 4) is 0 Å². The van der Waals surface area contributed by atoms with E-state index in [9.17, 15) is 13.6 Å². The van der Waals surface area contributed by atoms with Gasteiger partial charge in [0.2, 0.25) is 6.08 Å². The van der Waals surface area contributed by atoms with Gasteiger partial charge in [-0.2, -0.15) is 4.99 Å². The van der Waals surface area contributed by atoms with Crippen molar-refractivity contribution >= 4 is 17.7 Å². The lowest BCUT2D eigenvalue weighted by atomic mass is 9.71. The fourth-order valence-corrected chi connectivity index (χ4v) is 2.41. The summed E-state index contributed by atoms with van der Waals surface area (Å²) in [5, 5.41) is -0.147. The average molecular weight is 258 g/mol. The molecule has 1 fully saturated rings. The summed E-state index contributed by atoms with van der Waals surface area (Å²) in [7, 11) is 0. The Kier molecular flexibility index (Phi) is 3.02. The van der Waals surface area contributed by atoms with Crippen molar-refractivity contribution < 1.29 is 13.6 Å². The van der Waals surface area contributed by atoms with Crippen LogP contribution in [-0.2, 0) is 10.3 Å². The molecule has 0 amide bonds. The van der Waals surface area contributed by atoms with E-state index in [1.807, 2.05) is 0 Å². The zero-order valence-corrected chi connectivity index (χ0v) is 9.94. The SMILES string of the molecule is Cc1cc(Cl)c(F)c(C2(N=C=O)CCC2)c1F. The van der Waals surface area contributed by atoms with Crippen molar-refractivity contribution in [2.75, 3.05) is 0 Å². The lowest BCUT2D eigenvalue weighted by Crippen LogP contribution is -2.34. The smallest absolute Gasteiger partial charge is 0.211 e. The van der Waals surface area contributed by atoms with Gasteiger partial charge in [-0.1, -0.05) is 11.6 Å². The van der Waals surface area contributed by atoms with Gasteiger partial charge in [0.25, 0.3) is 0 Å². The van der Waals surface area contributed by atoms with E-state index >= 15 is 0 Å². The van der Waals surface area contributed by atoms with E-state index in [0.29, 0.717) is 12.8 Å². The van der Waals surface area contributed by atoms with Gasteiger partial charge >= 0.3 is 0 Å². The second kappa shape index (κ2) is 4.21. The van der Waals surface area contributed by atoms with Crippen molar-refractivity contribution in [3.63, 3.8) is 0 Å². The Bertz CT molecular complexity index is 493. The van der Waals surface area contributed by atoms with Crippen LogP contribution >= 0.6 is 11.6 Å². The molecule has 0 spiro atoms. The first-order valence-electron chi connectivity index (χ1n) is 5.25. The van der Waals surface area contributed by atoms with Crippen LogP contribution in [0.5, 0.6) is 0 Å². The molecule has 0 saturated heterocycles. The van der Waals surface area contributed by atoms with Crippen LogP contribution in [-0.4, -0.2) is 6.08 Å². The second-order valence-electron chi connectivity index (χ2n) is 4.27. The predicted octanol–water partition coefficient (Wildman–Crippen LogP) is 3.64. The molecule has 1 saturated carbocycles. The molecular weight excluding hydrogens is 248 g/mol. The minimum atomic E-state index is -1.11. The molecule has 0 atom stereocenters. The van der Waals surface area contributed by atoms with Crippen LogP contribution in [0.15, 0.2) is 11.1 Å². The predicted molar refractivity (Wildman–Crippen MR) is 59.8 cm³/mol.